The summed E-state index contributed by atoms with van der Waals surface area (Å²) in [5, 5.41) is 18.9. The monoisotopic (exact) mass is 298 g/mol. The number of amides is 1. The maximum Gasteiger partial charge on any atom is 0.286 e. The van der Waals surface area contributed by atoms with E-state index in [1.165, 1.54) is 12.1 Å². The molecule has 0 radical (unpaired) electrons. The van der Waals surface area contributed by atoms with Gasteiger partial charge in [0.1, 0.15) is 0 Å². The van der Waals surface area contributed by atoms with Gasteiger partial charge in [-0.2, -0.15) is 5.26 Å². The van der Waals surface area contributed by atoms with Crippen LogP contribution in [-0.2, 0) is 0 Å². The average Bonchev–Trinajstić information content (AvgIpc) is 2.79. The summed E-state index contributed by atoms with van der Waals surface area (Å²) in [6, 6.07) is 6.52. The molecule has 0 saturated carbocycles. The predicted molar refractivity (Wildman–Crippen MR) is 69.0 cm³/mol. The molecule has 1 heterocycles. The van der Waals surface area contributed by atoms with Crippen LogP contribution in [-0.4, -0.2) is 16.1 Å². The number of benzene rings is 1. The van der Waals surface area contributed by atoms with Crippen LogP contribution in [0.2, 0.25) is 9.49 Å². The second kappa shape index (κ2) is 5.31. The molecule has 90 valence electrons. The van der Waals surface area contributed by atoms with Crippen LogP contribution in [0.4, 0.5) is 5.69 Å². The molecule has 5 nitrogen and oxygen atoms in total. The number of carbonyl (C=O) groups excluding carboxylic acids is 1. The summed E-state index contributed by atoms with van der Waals surface area (Å²) in [7, 11) is 0. The molecule has 0 atom stereocenters. The summed E-state index contributed by atoms with van der Waals surface area (Å²) < 4.78 is 0.178. The van der Waals surface area contributed by atoms with E-state index in [0.717, 1.165) is 11.3 Å². The summed E-state index contributed by atoms with van der Waals surface area (Å²) in [4.78, 5) is 11.8. The lowest BCUT2D eigenvalue weighted by atomic mass is 10.2. The number of hydrogen-bond donors (Lipinski definition) is 1. The van der Waals surface area contributed by atoms with Gasteiger partial charge in [0.15, 0.2) is 0 Å². The number of rotatable bonds is 2. The Bertz CT molecular complexity index is 650. The van der Waals surface area contributed by atoms with Crippen LogP contribution in [0, 0.1) is 11.3 Å². The highest BCUT2D eigenvalue weighted by molar-refractivity contribution is 7.17. The first-order valence-electron chi connectivity index (χ1n) is 4.60. The Kier molecular flexibility index (Phi) is 3.77. The van der Waals surface area contributed by atoms with Crippen molar-refractivity contribution in [3.05, 3.63) is 38.3 Å². The molecule has 1 N–H and O–H groups in total. The molecular weight excluding hydrogens is 295 g/mol. The fourth-order valence-electron chi connectivity index (χ4n) is 1.16. The molecule has 8 heteroatoms. The van der Waals surface area contributed by atoms with E-state index < -0.39 is 5.91 Å². The van der Waals surface area contributed by atoms with Gasteiger partial charge in [0.05, 0.1) is 22.3 Å². The standard InChI is InChI=1S/C10H4Cl2N4OS/c11-6-2-1-5(4-13)3-7(6)14-8(17)9-15-16-10(12)18-9/h1-3H,(H,14,17). The van der Waals surface area contributed by atoms with Gasteiger partial charge in [0, 0.05) is 0 Å². The van der Waals surface area contributed by atoms with Crippen LogP contribution < -0.4 is 5.32 Å². The molecular formula is C10H4Cl2N4OS. The quantitative estimate of drug-likeness (QED) is 0.924. The van der Waals surface area contributed by atoms with Crippen LogP contribution >= 0.6 is 34.5 Å². The SMILES string of the molecule is N#Cc1ccc(Cl)c(NC(=O)c2nnc(Cl)s2)c1. The number of carbonyl (C=O) groups is 1. The van der Waals surface area contributed by atoms with Crippen LogP contribution in [0.3, 0.4) is 0 Å². The van der Waals surface area contributed by atoms with Crippen molar-refractivity contribution >= 4 is 46.1 Å². The normalized spacial score (nSPS) is 9.83. The maximum absolute atomic E-state index is 11.8. The topological polar surface area (TPSA) is 78.7 Å². The summed E-state index contributed by atoms with van der Waals surface area (Å²) in [5.41, 5.74) is 0.733. The van der Waals surface area contributed by atoms with Crippen molar-refractivity contribution in [2.75, 3.05) is 5.32 Å². The molecule has 0 saturated heterocycles. The highest BCUT2D eigenvalue weighted by Gasteiger charge is 2.13. The zero-order chi connectivity index (χ0) is 13.1. The number of hydrogen-bond acceptors (Lipinski definition) is 5. The third-order valence-electron chi connectivity index (χ3n) is 1.94. The molecule has 1 amide bonds. The van der Waals surface area contributed by atoms with E-state index in [-0.39, 0.29) is 9.47 Å². The number of nitriles is 1. The largest absolute Gasteiger partial charge is 0.318 e. The van der Waals surface area contributed by atoms with E-state index >= 15 is 0 Å². The van der Waals surface area contributed by atoms with Gasteiger partial charge in [-0.25, -0.2) is 0 Å². The van der Waals surface area contributed by atoms with E-state index in [1.807, 2.05) is 6.07 Å². The average molecular weight is 299 g/mol. The number of halogens is 2. The molecule has 2 rings (SSSR count). The van der Waals surface area contributed by atoms with Crippen LogP contribution in [0.1, 0.15) is 15.4 Å². The van der Waals surface area contributed by atoms with E-state index in [0.29, 0.717) is 16.3 Å². The minimum atomic E-state index is -0.476. The summed E-state index contributed by atoms with van der Waals surface area (Å²) in [6.45, 7) is 0. The molecule has 1 aromatic carbocycles. The molecule has 1 aromatic heterocycles. The highest BCUT2D eigenvalue weighted by atomic mass is 35.5. The van der Waals surface area contributed by atoms with E-state index in [1.54, 1.807) is 6.07 Å². The zero-order valence-corrected chi connectivity index (χ0v) is 11.0. The molecule has 0 fully saturated rings. The van der Waals surface area contributed by atoms with E-state index in [9.17, 15) is 4.79 Å². The van der Waals surface area contributed by atoms with Crippen molar-refractivity contribution in [3.63, 3.8) is 0 Å². The van der Waals surface area contributed by atoms with Gasteiger partial charge in [-0.15, -0.1) is 10.2 Å². The zero-order valence-electron chi connectivity index (χ0n) is 8.65. The van der Waals surface area contributed by atoms with Crippen molar-refractivity contribution in [2.24, 2.45) is 0 Å². The van der Waals surface area contributed by atoms with Crippen LogP contribution in [0.5, 0.6) is 0 Å². The Morgan fingerprint density at radius 1 is 1.39 bits per heavy atom. The second-order valence-corrected chi connectivity index (χ2v) is 5.09. The van der Waals surface area contributed by atoms with Gasteiger partial charge in [-0.05, 0) is 29.8 Å². The minimum Gasteiger partial charge on any atom is -0.318 e. The molecule has 0 spiro atoms. The summed E-state index contributed by atoms with van der Waals surface area (Å²) >= 11 is 12.4. The molecule has 0 aliphatic carbocycles. The number of nitrogens with zero attached hydrogens (tertiary/aromatic N) is 3. The molecule has 0 aliphatic rings. The fourth-order valence-corrected chi connectivity index (χ4v) is 2.05. The summed E-state index contributed by atoms with van der Waals surface area (Å²) in [5.74, 6) is -0.476. The molecule has 0 unspecified atom stereocenters. The van der Waals surface area contributed by atoms with Crippen LogP contribution in [0.15, 0.2) is 18.2 Å². The summed E-state index contributed by atoms with van der Waals surface area (Å²) in [6.07, 6.45) is 0. The molecule has 0 bridgehead atoms. The first-order chi connectivity index (χ1) is 8.60. The van der Waals surface area contributed by atoms with E-state index in [2.05, 4.69) is 15.5 Å². The first kappa shape index (κ1) is 12.8. The Morgan fingerprint density at radius 3 is 2.78 bits per heavy atom. The molecule has 18 heavy (non-hydrogen) atoms. The molecule has 2 aromatic rings. The lowest BCUT2D eigenvalue weighted by molar-refractivity contribution is 0.102. The van der Waals surface area contributed by atoms with Crippen molar-refractivity contribution in [1.29, 1.82) is 5.26 Å². The van der Waals surface area contributed by atoms with Crippen molar-refractivity contribution in [3.8, 4) is 6.07 Å². The number of aromatic nitrogens is 2. The Hall–Kier alpha value is -1.68. The van der Waals surface area contributed by atoms with Crippen molar-refractivity contribution in [1.82, 2.24) is 10.2 Å². The third-order valence-corrected chi connectivity index (χ3v) is 3.29. The Morgan fingerprint density at radius 2 is 2.17 bits per heavy atom. The van der Waals surface area contributed by atoms with Crippen LogP contribution in [0.25, 0.3) is 0 Å². The second-order valence-electron chi connectivity index (χ2n) is 3.12. The van der Waals surface area contributed by atoms with Crippen molar-refractivity contribution < 1.29 is 4.79 Å². The van der Waals surface area contributed by atoms with Gasteiger partial charge in [0.2, 0.25) is 9.47 Å². The first-order valence-corrected chi connectivity index (χ1v) is 6.17. The lowest BCUT2D eigenvalue weighted by Crippen LogP contribution is -2.12. The lowest BCUT2D eigenvalue weighted by Gasteiger charge is -2.05. The van der Waals surface area contributed by atoms with E-state index in [4.69, 9.17) is 28.5 Å². The molecule has 0 aliphatic heterocycles. The van der Waals surface area contributed by atoms with Gasteiger partial charge in [-0.1, -0.05) is 22.9 Å². The number of anilines is 1. The van der Waals surface area contributed by atoms with Gasteiger partial charge >= 0.3 is 0 Å². The Balaban J connectivity index is 2.24. The third kappa shape index (κ3) is 2.76. The smallest absolute Gasteiger partial charge is 0.286 e. The minimum absolute atomic E-state index is 0.124. The van der Waals surface area contributed by atoms with Gasteiger partial charge < -0.3 is 5.32 Å². The fraction of sp³-hybridized carbons (Fsp3) is 0. The Labute approximate surface area is 116 Å². The highest BCUT2D eigenvalue weighted by Crippen LogP contribution is 2.24. The number of nitrogens with one attached hydrogen (secondary N) is 1. The van der Waals surface area contributed by atoms with Gasteiger partial charge in [-0.3, -0.25) is 4.79 Å². The van der Waals surface area contributed by atoms with Crippen molar-refractivity contribution in [2.45, 2.75) is 0 Å². The van der Waals surface area contributed by atoms with Gasteiger partial charge in [0.25, 0.3) is 5.91 Å². The predicted octanol–water partition coefficient (Wildman–Crippen LogP) is 2.97. The maximum atomic E-state index is 11.8.